The largest absolute Gasteiger partial charge is 0.497 e. The Bertz CT molecular complexity index is 939. The minimum absolute atomic E-state index is 0.189. The van der Waals surface area contributed by atoms with Crippen molar-refractivity contribution in [2.24, 2.45) is 0 Å². The minimum Gasteiger partial charge on any atom is -0.497 e. The van der Waals surface area contributed by atoms with Crippen LogP contribution in [0.4, 0.5) is 15.8 Å². The number of aromatic nitrogens is 1. The van der Waals surface area contributed by atoms with Crippen LogP contribution in [-0.2, 0) is 4.74 Å². The van der Waals surface area contributed by atoms with Crippen molar-refractivity contribution in [2.75, 3.05) is 19.0 Å². The molecule has 2 aromatic carbocycles. The number of H-pyrrole nitrogens is 1. The molecule has 0 aliphatic rings. The van der Waals surface area contributed by atoms with Gasteiger partial charge in [0.25, 0.3) is 0 Å². The Morgan fingerprint density at radius 1 is 1.28 bits per heavy atom. The highest BCUT2D eigenvalue weighted by atomic mass is 35.5. The summed E-state index contributed by atoms with van der Waals surface area (Å²) in [5, 5.41) is 4.20. The first kappa shape index (κ1) is 17.1. The number of methoxy groups -OCH3 is 1. The first-order chi connectivity index (χ1) is 12.0. The van der Waals surface area contributed by atoms with Crippen molar-refractivity contribution >= 4 is 39.8 Å². The van der Waals surface area contributed by atoms with Crippen molar-refractivity contribution in [3.8, 4) is 5.75 Å². The molecule has 0 saturated carbocycles. The molecule has 3 aromatic rings. The second-order valence-electron chi connectivity index (χ2n) is 5.29. The van der Waals surface area contributed by atoms with E-state index in [1.807, 2.05) is 0 Å². The third-order valence-corrected chi connectivity index (χ3v) is 3.84. The van der Waals surface area contributed by atoms with Gasteiger partial charge in [0.05, 0.1) is 19.2 Å². The number of hydrogen-bond acceptors (Lipinski definition) is 4. The summed E-state index contributed by atoms with van der Waals surface area (Å²) in [4.78, 5) is 14.7. The number of aromatic amines is 1. The van der Waals surface area contributed by atoms with E-state index in [-0.39, 0.29) is 17.8 Å². The van der Waals surface area contributed by atoms with Crippen molar-refractivity contribution < 1.29 is 18.7 Å². The van der Waals surface area contributed by atoms with Crippen LogP contribution in [0.15, 0.2) is 36.4 Å². The second kappa shape index (κ2) is 7.03. The zero-order chi connectivity index (χ0) is 18.0. The average Bonchev–Trinajstić information content (AvgIpc) is 3.04. The van der Waals surface area contributed by atoms with Gasteiger partial charge in [0, 0.05) is 27.8 Å². The molecule has 130 valence electrons. The molecular weight excluding hydrogens is 347 g/mol. The van der Waals surface area contributed by atoms with E-state index in [2.05, 4.69) is 10.3 Å². The standard InChI is InChI=1S/C18H16ClFN2O3/c1-3-25-18(23)16-9-13-15(5-4-14(20)17(13)22-16)21-11-6-10(19)7-12(8-11)24-2/h4-9,21-22H,3H2,1-2H3. The molecule has 0 bridgehead atoms. The summed E-state index contributed by atoms with van der Waals surface area (Å²) in [6, 6.07) is 9.63. The van der Waals surface area contributed by atoms with Gasteiger partial charge in [-0.1, -0.05) is 11.6 Å². The highest BCUT2D eigenvalue weighted by Crippen LogP contribution is 2.32. The van der Waals surface area contributed by atoms with E-state index in [9.17, 15) is 9.18 Å². The van der Waals surface area contributed by atoms with Gasteiger partial charge in [0.2, 0.25) is 0 Å². The van der Waals surface area contributed by atoms with E-state index in [0.717, 1.165) is 0 Å². The minimum atomic E-state index is -0.534. The Kier molecular flexibility index (Phi) is 4.81. The molecule has 5 nitrogen and oxygen atoms in total. The van der Waals surface area contributed by atoms with Gasteiger partial charge < -0.3 is 19.8 Å². The van der Waals surface area contributed by atoms with Crippen LogP contribution in [0.1, 0.15) is 17.4 Å². The monoisotopic (exact) mass is 362 g/mol. The number of fused-ring (bicyclic) bond motifs is 1. The van der Waals surface area contributed by atoms with Gasteiger partial charge in [-0.3, -0.25) is 0 Å². The quantitative estimate of drug-likeness (QED) is 0.634. The Labute approximate surface area is 148 Å². The lowest BCUT2D eigenvalue weighted by Gasteiger charge is -2.10. The van der Waals surface area contributed by atoms with Crippen molar-refractivity contribution in [1.29, 1.82) is 0 Å². The molecule has 0 aliphatic heterocycles. The Morgan fingerprint density at radius 3 is 2.80 bits per heavy atom. The van der Waals surface area contributed by atoms with E-state index >= 15 is 0 Å². The summed E-state index contributed by atoms with van der Waals surface area (Å²) in [5.41, 5.74) is 1.71. The normalized spacial score (nSPS) is 10.7. The Hall–Kier alpha value is -2.73. The number of carbonyl (C=O) groups is 1. The van der Waals surface area contributed by atoms with Crippen LogP contribution >= 0.6 is 11.6 Å². The zero-order valence-corrected chi connectivity index (χ0v) is 14.4. The summed E-state index contributed by atoms with van der Waals surface area (Å²) < 4.78 is 24.2. The molecule has 0 atom stereocenters. The van der Waals surface area contributed by atoms with E-state index in [1.165, 1.54) is 6.07 Å². The Morgan fingerprint density at radius 2 is 2.08 bits per heavy atom. The van der Waals surface area contributed by atoms with E-state index in [1.54, 1.807) is 44.4 Å². The Balaban J connectivity index is 2.03. The summed E-state index contributed by atoms with van der Waals surface area (Å²) in [6.45, 7) is 1.95. The summed E-state index contributed by atoms with van der Waals surface area (Å²) in [5.74, 6) is -0.400. The number of benzene rings is 2. The highest BCUT2D eigenvalue weighted by Gasteiger charge is 2.15. The number of nitrogens with one attached hydrogen (secondary N) is 2. The molecular formula is C18H16ClFN2O3. The third-order valence-electron chi connectivity index (χ3n) is 3.62. The van der Waals surface area contributed by atoms with Crippen LogP contribution in [0.3, 0.4) is 0 Å². The number of anilines is 2. The maximum Gasteiger partial charge on any atom is 0.354 e. The van der Waals surface area contributed by atoms with Crippen LogP contribution < -0.4 is 10.1 Å². The van der Waals surface area contributed by atoms with Crippen LogP contribution in [0, 0.1) is 5.82 Å². The lowest BCUT2D eigenvalue weighted by molar-refractivity contribution is 0.0520. The van der Waals surface area contributed by atoms with E-state index < -0.39 is 11.8 Å². The SMILES string of the molecule is CCOC(=O)c1cc2c(Nc3cc(Cl)cc(OC)c3)ccc(F)c2[nH]1. The topological polar surface area (TPSA) is 63.4 Å². The number of ether oxygens (including phenoxy) is 2. The van der Waals surface area contributed by atoms with Gasteiger partial charge >= 0.3 is 5.97 Å². The van der Waals surface area contributed by atoms with Crippen molar-refractivity contribution in [3.63, 3.8) is 0 Å². The molecule has 25 heavy (non-hydrogen) atoms. The smallest absolute Gasteiger partial charge is 0.354 e. The summed E-state index contributed by atoms with van der Waals surface area (Å²) in [7, 11) is 1.54. The number of halogens is 2. The number of rotatable bonds is 5. The predicted molar refractivity (Wildman–Crippen MR) is 95.5 cm³/mol. The molecule has 1 aromatic heterocycles. The summed E-state index contributed by atoms with van der Waals surface area (Å²) >= 11 is 6.07. The fourth-order valence-electron chi connectivity index (χ4n) is 2.52. The van der Waals surface area contributed by atoms with Crippen LogP contribution in [-0.4, -0.2) is 24.7 Å². The molecule has 0 amide bonds. The van der Waals surface area contributed by atoms with Gasteiger partial charge in [-0.15, -0.1) is 0 Å². The lowest BCUT2D eigenvalue weighted by Crippen LogP contribution is -2.04. The van der Waals surface area contributed by atoms with Crippen molar-refractivity contribution in [2.45, 2.75) is 6.92 Å². The lowest BCUT2D eigenvalue weighted by atomic mass is 10.2. The molecule has 0 saturated heterocycles. The highest BCUT2D eigenvalue weighted by molar-refractivity contribution is 6.31. The third kappa shape index (κ3) is 3.53. The molecule has 2 N–H and O–H groups in total. The van der Waals surface area contributed by atoms with Crippen LogP contribution in [0.25, 0.3) is 10.9 Å². The number of carbonyl (C=O) groups excluding carboxylic acids is 1. The van der Waals surface area contributed by atoms with Crippen molar-refractivity contribution in [1.82, 2.24) is 4.98 Å². The molecule has 3 rings (SSSR count). The first-order valence-electron chi connectivity index (χ1n) is 7.61. The molecule has 0 fully saturated rings. The van der Waals surface area contributed by atoms with Crippen LogP contribution in [0.2, 0.25) is 5.02 Å². The van der Waals surface area contributed by atoms with Crippen LogP contribution in [0.5, 0.6) is 5.75 Å². The van der Waals surface area contributed by atoms with E-state index in [0.29, 0.717) is 27.5 Å². The fraction of sp³-hybridized carbons (Fsp3) is 0.167. The van der Waals surface area contributed by atoms with Gasteiger partial charge in [0.15, 0.2) is 0 Å². The van der Waals surface area contributed by atoms with Gasteiger partial charge in [-0.25, -0.2) is 9.18 Å². The van der Waals surface area contributed by atoms with Gasteiger partial charge in [0.1, 0.15) is 17.3 Å². The molecule has 1 heterocycles. The zero-order valence-electron chi connectivity index (χ0n) is 13.7. The maximum atomic E-state index is 14.1. The molecule has 7 heteroatoms. The van der Waals surface area contributed by atoms with Crippen molar-refractivity contribution in [3.05, 3.63) is 52.9 Å². The van der Waals surface area contributed by atoms with Gasteiger partial charge in [-0.05, 0) is 37.3 Å². The van der Waals surface area contributed by atoms with E-state index in [4.69, 9.17) is 21.1 Å². The number of esters is 1. The second-order valence-corrected chi connectivity index (χ2v) is 5.73. The first-order valence-corrected chi connectivity index (χ1v) is 7.99. The molecule has 0 radical (unpaired) electrons. The van der Waals surface area contributed by atoms with Gasteiger partial charge in [-0.2, -0.15) is 0 Å². The molecule has 0 aliphatic carbocycles. The number of hydrogen-bond donors (Lipinski definition) is 2. The summed E-state index contributed by atoms with van der Waals surface area (Å²) in [6.07, 6.45) is 0. The molecule has 0 spiro atoms. The fourth-order valence-corrected chi connectivity index (χ4v) is 2.75. The average molecular weight is 363 g/mol. The predicted octanol–water partition coefficient (Wildman–Crippen LogP) is 4.89. The maximum absolute atomic E-state index is 14.1. The molecule has 0 unspecified atom stereocenters.